The molecule has 0 aliphatic heterocycles. The molecule has 0 heterocycles. The van der Waals surface area contributed by atoms with Crippen LogP contribution in [0.3, 0.4) is 0 Å². The van der Waals surface area contributed by atoms with Gasteiger partial charge in [-0.1, -0.05) is 29.8 Å². The molecule has 0 aliphatic carbocycles. The Hall–Kier alpha value is -1.82. The van der Waals surface area contributed by atoms with Crippen LogP contribution in [0.4, 0.5) is 4.39 Å². The maximum Gasteiger partial charge on any atom is 0.161 e. The molecule has 0 fully saturated rings. The van der Waals surface area contributed by atoms with Crippen LogP contribution in [0.2, 0.25) is 5.02 Å². The number of nitrogens with two attached hydrogens (primary N) is 1. The molecule has 6 heteroatoms. The Morgan fingerprint density at radius 3 is 2.48 bits per heavy atom. The second-order valence-corrected chi connectivity index (χ2v) is 4.76. The molecule has 0 bridgehead atoms. The van der Waals surface area contributed by atoms with Crippen molar-refractivity contribution >= 4 is 11.6 Å². The second-order valence-electron chi connectivity index (χ2n) is 4.36. The average molecular weight is 311 g/mol. The predicted octanol–water partition coefficient (Wildman–Crippen LogP) is 3.05. The Morgan fingerprint density at radius 1 is 1.14 bits per heavy atom. The minimum absolute atomic E-state index is 0.0493. The normalized spacial score (nSPS) is 12.0. The minimum atomic E-state index is -0.552. The van der Waals surface area contributed by atoms with Gasteiger partial charge in [0.1, 0.15) is 5.82 Å². The summed E-state index contributed by atoms with van der Waals surface area (Å²) < 4.78 is 24.6. The van der Waals surface area contributed by atoms with E-state index in [1.54, 1.807) is 37.4 Å². The number of hydrazine groups is 1. The van der Waals surface area contributed by atoms with Gasteiger partial charge in [-0.25, -0.2) is 9.82 Å². The van der Waals surface area contributed by atoms with Gasteiger partial charge in [0.15, 0.2) is 11.5 Å². The van der Waals surface area contributed by atoms with Crippen molar-refractivity contribution in [2.24, 2.45) is 5.84 Å². The summed E-state index contributed by atoms with van der Waals surface area (Å²) in [6.07, 6.45) is 0. The van der Waals surface area contributed by atoms with E-state index in [1.807, 2.05) is 0 Å². The van der Waals surface area contributed by atoms with Gasteiger partial charge in [-0.2, -0.15) is 0 Å². The Labute approximate surface area is 127 Å². The largest absolute Gasteiger partial charge is 0.493 e. The predicted molar refractivity (Wildman–Crippen MR) is 80.1 cm³/mol. The van der Waals surface area contributed by atoms with Crippen LogP contribution >= 0.6 is 11.6 Å². The molecule has 0 amide bonds. The summed E-state index contributed by atoms with van der Waals surface area (Å²) in [5, 5.41) is 0.0493. The molecule has 0 saturated heterocycles. The third-order valence-electron chi connectivity index (χ3n) is 3.20. The average Bonchev–Trinajstić information content (AvgIpc) is 2.51. The van der Waals surface area contributed by atoms with Crippen LogP contribution in [0.5, 0.6) is 11.5 Å². The number of benzene rings is 2. The molecule has 0 spiro atoms. The maximum atomic E-state index is 14.2. The highest BCUT2D eigenvalue weighted by molar-refractivity contribution is 6.30. The van der Waals surface area contributed by atoms with E-state index in [0.29, 0.717) is 17.1 Å². The highest BCUT2D eigenvalue weighted by Crippen LogP contribution is 2.33. The summed E-state index contributed by atoms with van der Waals surface area (Å²) in [7, 11) is 3.08. The zero-order valence-electron chi connectivity index (χ0n) is 11.7. The third-order valence-corrected chi connectivity index (χ3v) is 3.49. The smallest absolute Gasteiger partial charge is 0.161 e. The van der Waals surface area contributed by atoms with Gasteiger partial charge >= 0.3 is 0 Å². The van der Waals surface area contributed by atoms with Gasteiger partial charge in [-0.05, 0) is 23.8 Å². The fourth-order valence-corrected chi connectivity index (χ4v) is 2.32. The lowest BCUT2D eigenvalue weighted by Gasteiger charge is -2.19. The summed E-state index contributed by atoms with van der Waals surface area (Å²) in [5.74, 6) is 6.21. The molecule has 0 aromatic heterocycles. The number of rotatable bonds is 5. The molecule has 4 nitrogen and oxygen atoms in total. The molecule has 0 radical (unpaired) electrons. The Kier molecular flexibility index (Phi) is 5.01. The number of halogens is 2. The fourth-order valence-electron chi connectivity index (χ4n) is 2.14. The minimum Gasteiger partial charge on any atom is -0.493 e. The van der Waals surface area contributed by atoms with E-state index in [4.69, 9.17) is 26.9 Å². The van der Waals surface area contributed by atoms with E-state index in [0.717, 1.165) is 5.56 Å². The first-order chi connectivity index (χ1) is 10.1. The van der Waals surface area contributed by atoms with Crippen LogP contribution in [0.25, 0.3) is 0 Å². The van der Waals surface area contributed by atoms with Crippen molar-refractivity contribution < 1.29 is 13.9 Å². The zero-order valence-corrected chi connectivity index (χ0v) is 12.4. The number of hydrogen-bond acceptors (Lipinski definition) is 4. The number of methoxy groups -OCH3 is 2. The van der Waals surface area contributed by atoms with Gasteiger partial charge in [-0.3, -0.25) is 5.84 Å². The molecular formula is C15H16ClFN2O2. The van der Waals surface area contributed by atoms with Crippen LogP contribution in [0.15, 0.2) is 36.4 Å². The van der Waals surface area contributed by atoms with Gasteiger partial charge in [0.25, 0.3) is 0 Å². The molecule has 0 aliphatic rings. The molecule has 2 rings (SSSR count). The maximum absolute atomic E-state index is 14.2. The van der Waals surface area contributed by atoms with Crippen molar-refractivity contribution in [1.29, 1.82) is 0 Å². The summed E-state index contributed by atoms with van der Waals surface area (Å²) in [6, 6.07) is 9.50. The van der Waals surface area contributed by atoms with E-state index in [-0.39, 0.29) is 5.02 Å². The lowest BCUT2D eigenvalue weighted by atomic mass is 9.98. The van der Waals surface area contributed by atoms with Gasteiger partial charge < -0.3 is 9.47 Å². The number of hydrogen-bond donors (Lipinski definition) is 2. The first-order valence-corrected chi connectivity index (χ1v) is 6.62. The second kappa shape index (κ2) is 6.76. The van der Waals surface area contributed by atoms with E-state index >= 15 is 0 Å². The first-order valence-electron chi connectivity index (χ1n) is 6.24. The molecular weight excluding hydrogens is 295 g/mol. The topological polar surface area (TPSA) is 56.5 Å². The van der Waals surface area contributed by atoms with Gasteiger partial charge in [0.2, 0.25) is 0 Å². The lowest BCUT2D eigenvalue weighted by molar-refractivity contribution is 0.354. The molecule has 21 heavy (non-hydrogen) atoms. The van der Waals surface area contributed by atoms with E-state index in [2.05, 4.69) is 5.43 Å². The highest BCUT2D eigenvalue weighted by atomic mass is 35.5. The van der Waals surface area contributed by atoms with Gasteiger partial charge in [-0.15, -0.1) is 0 Å². The van der Waals surface area contributed by atoms with Crippen LogP contribution < -0.4 is 20.7 Å². The summed E-state index contributed by atoms with van der Waals surface area (Å²) in [4.78, 5) is 0. The molecule has 0 saturated carbocycles. The van der Waals surface area contributed by atoms with E-state index in [9.17, 15) is 4.39 Å². The molecule has 1 unspecified atom stereocenters. The molecule has 2 aromatic rings. The standard InChI is InChI=1S/C15H16ClFN2O2/c1-20-12-7-6-9(8-13(12)21-2)15(19-18)10-4-3-5-11(16)14(10)17/h3-8,15,19H,18H2,1-2H3. The highest BCUT2D eigenvalue weighted by Gasteiger charge is 2.19. The molecule has 1 atom stereocenters. The van der Waals surface area contributed by atoms with Crippen molar-refractivity contribution in [3.8, 4) is 11.5 Å². The number of nitrogens with one attached hydrogen (secondary N) is 1. The van der Waals surface area contributed by atoms with Crippen molar-refractivity contribution in [3.63, 3.8) is 0 Å². The van der Waals surface area contributed by atoms with Crippen LogP contribution in [-0.4, -0.2) is 14.2 Å². The Bertz CT molecular complexity index is 637. The Morgan fingerprint density at radius 2 is 1.86 bits per heavy atom. The fraction of sp³-hybridized carbons (Fsp3) is 0.200. The molecule has 112 valence electrons. The van der Waals surface area contributed by atoms with E-state index in [1.165, 1.54) is 13.2 Å². The SMILES string of the molecule is COc1ccc(C(NN)c2cccc(Cl)c2F)cc1OC. The van der Waals surface area contributed by atoms with Crippen molar-refractivity contribution in [1.82, 2.24) is 5.43 Å². The molecule has 2 aromatic carbocycles. The van der Waals surface area contributed by atoms with Crippen LogP contribution in [0, 0.1) is 5.82 Å². The third kappa shape index (κ3) is 3.10. The lowest BCUT2D eigenvalue weighted by Crippen LogP contribution is -2.29. The van der Waals surface area contributed by atoms with Crippen LogP contribution in [-0.2, 0) is 0 Å². The van der Waals surface area contributed by atoms with Gasteiger partial charge in [0, 0.05) is 5.56 Å². The van der Waals surface area contributed by atoms with Crippen molar-refractivity contribution in [2.75, 3.05) is 14.2 Å². The van der Waals surface area contributed by atoms with Crippen molar-refractivity contribution in [3.05, 3.63) is 58.4 Å². The van der Waals surface area contributed by atoms with Crippen molar-refractivity contribution in [2.45, 2.75) is 6.04 Å². The summed E-state index contributed by atoms with van der Waals surface area (Å²) in [6.45, 7) is 0. The van der Waals surface area contributed by atoms with E-state index < -0.39 is 11.9 Å². The summed E-state index contributed by atoms with van der Waals surface area (Å²) >= 11 is 5.82. The van der Waals surface area contributed by atoms with Gasteiger partial charge in [0.05, 0.1) is 25.3 Å². The Balaban J connectivity index is 2.49. The zero-order chi connectivity index (χ0) is 15.4. The number of ether oxygens (including phenoxy) is 2. The first kappa shape index (κ1) is 15.6. The van der Waals surface area contributed by atoms with Crippen LogP contribution in [0.1, 0.15) is 17.2 Å². The quantitative estimate of drug-likeness (QED) is 0.658. The summed E-state index contributed by atoms with van der Waals surface area (Å²) in [5.41, 5.74) is 3.69. The molecule has 3 N–H and O–H groups in total. The monoisotopic (exact) mass is 310 g/mol.